The molecule has 1 aromatic rings. The number of benzene rings is 1. The molecule has 8 heteroatoms. The largest absolute Gasteiger partial charge is 0.494 e. The molecule has 138 valence electrons. The predicted octanol–water partition coefficient (Wildman–Crippen LogP) is 2.33. The van der Waals surface area contributed by atoms with Crippen molar-refractivity contribution in [1.29, 1.82) is 0 Å². The Labute approximate surface area is 153 Å². The minimum atomic E-state index is 0.224. The number of anilines is 1. The highest BCUT2D eigenvalue weighted by molar-refractivity contribution is 6.12. The van der Waals surface area contributed by atoms with Crippen molar-refractivity contribution in [2.75, 3.05) is 32.8 Å². The number of methoxy groups -OCH3 is 3. The van der Waals surface area contributed by atoms with Gasteiger partial charge in [0.2, 0.25) is 5.96 Å². The van der Waals surface area contributed by atoms with E-state index >= 15 is 0 Å². The summed E-state index contributed by atoms with van der Waals surface area (Å²) in [6.07, 6.45) is 3.36. The molecular formula is C18H23N5O3. The third-order valence-corrected chi connectivity index (χ3v) is 3.67. The Balaban J connectivity index is 2.48. The van der Waals surface area contributed by atoms with Crippen LogP contribution in [0, 0.1) is 0 Å². The molecule has 2 rings (SSSR count). The van der Waals surface area contributed by atoms with Crippen molar-refractivity contribution in [3.63, 3.8) is 0 Å². The number of guanidine groups is 1. The summed E-state index contributed by atoms with van der Waals surface area (Å²) in [6, 6.07) is 5.48. The van der Waals surface area contributed by atoms with Crippen molar-refractivity contribution >= 4 is 23.3 Å². The van der Waals surface area contributed by atoms with Crippen molar-refractivity contribution in [3.05, 3.63) is 42.6 Å². The second kappa shape index (κ2) is 8.70. The number of hydrogen-bond donors (Lipinski definition) is 1. The molecule has 1 aliphatic rings. The Morgan fingerprint density at radius 1 is 1.23 bits per heavy atom. The normalized spacial score (nSPS) is 15.2. The third kappa shape index (κ3) is 4.02. The summed E-state index contributed by atoms with van der Waals surface area (Å²) in [4.78, 5) is 6.16. The highest BCUT2D eigenvalue weighted by Gasteiger charge is 2.26. The molecule has 0 atom stereocenters. The number of ether oxygens (including phenoxy) is 3. The second-order valence-electron chi connectivity index (χ2n) is 5.22. The molecule has 1 aliphatic heterocycles. The van der Waals surface area contributed by atoms with Gasteiger partial charge in [0.1, 0.15) is 22.9 Å². The first-order chi connectivity index (χ1) is 12.5. The molecule has 0 bridgehead atoms. The van der Waals surface area contributed by atoms with E-state index in [4.69, 9.17) is 19.9 Å². The van der Waals surface area contributed by atoms with Crippen LogP contribution in [0.1, 0.15) is 6.92 Å². The molecule has 0 aromatic heterocycles. The monoisotopic (exact) mass is 357 g/mol. The van der Waals surface area contributed by atoms with Crippen molar-refractivity contribution in [3.8, 4) is 11.5 Å². The minimum Gasteiger partial charge on any atom is -0.494 e. The van der Waals surface area contributed by atoms with Gasteiger partial charge in [-0.15, -0.1) is 10.2 Å². The van der Waals surface area contributed by atoms with Crippen LogP contribution in [0.2, 0.25) is 0 Å². The molecular weight excluding hydrogens is 334 g/mol. The first-order valence-corrected chi connectivity index (χ1v) is 7.86. The summed E-state index contributed by atoms with van der Waals surface area (Å²) in [5, 5.41) is 8.25. The van der Waals surface area contributed by atoms with Gasteiger partial charge in [-0.3, -0.25) is 4.90 Å². The first-order valence-electron chi connectivity index (χ1n) is 7.86. The Morgan fingerprint density at radius 2 is 1.88 bits per heavy atom. The number of nitrogens with zero attached hydrogens (tertiary/aromatic N) is 4. The lowest BCUT2D eigenvalue weighted by Gasteiger charge is -2.29. The molecule has 0 unspecified atom stereocenters. The zero-order valence-electron chi connectivity index (χ0n) is 15.4. The average Bonchev–Trinajstić information content (AvgIpc) is 2.67. The predicted molar refractivity (Wildman–Crippen MR) is 104 cm³/mol. The first kappa shape index (κ1) is 19.0. The van der Waals surface area contributed by atoms with Gasteiger partial charge in [0.25, 0.3) is 0 Å². The summed E-state index contributed by atoms with van der Waals surface area (Å²) in [5.74, 6) is 1.93. The van der Waals surface area contributed by atoms with Gasteiger partial charge in [0.05, 0.1) is 33.6 Å². The average molecular weight is 357 g/mol. The van der Waals surface area contributed by atoms with Crippen LogP contribution in [0.4, 0.5) is 5.69 Å². The summed E-state index contributed by atoms with van der Waals surface area (Å²) in [6.45, 7) is 5.79. The van der Waals surface area contributed by atoms with Crippen LogP contribution in [0.15, 0.2) is 57.8 Å². The van der Waals surface area contributed by atoms with E-state index in [-0.39, 0.29) is 5.96 Å². The van der Waals surface area contributed by atoms with E-state index in [0.717, 1.165) is 0 Å². The van der Waals surface area contributed by atoms with E-state index in [1.54, 1.807) is 45.3 Å². The number of allylic oxidation sites excluding steroid dienone is 2. The van der Waals surface area contributed by atoms with Crippen LogP contribution >= 0.6 is 0 Å². The van der Waals surface area contributed by atoms with Crippen molar-refractivity contribution in [2.24, 2.45) is 20.9 Å². The highest BCUT2D eigenvalue weighted by Crippen LogP contribution is 2.38. The van der Waals surface area contributed by atoms with Crippen molar-refractivity contribution in [2.45, 2.75) is 6.92 Å². The van der Waals surface area contributed by atoms with Crippen LogP contribution in [-0.2, 0) is 4.74 Å². The zero-order valence-corrected chi connectivity index (χ0v) is 15.4. The third-order valence-electron chi connectivity index (χ3n) is 3.67. The molecule has 1 heterocycles. The Kier molecular flexibility index (Phi) is 6.37. The summed E-state index contributed by atoms with van der Waals surface area (Å²) in [5.41, 5.74) is 7.92. The number of aliphatic imine (C=N–C) groups is 1. The smallest absolute Gasteiger partial charge is 0.221 e. The Hall–Kier alpha value is -3.29. The maximum atomic E-state index is 6.08. The molecule has 0 saturated heterocycles. The van der Waals surface area contributed by atoms with Crippen LogP contribution in [-0.4, -0.2) is 45.4 Å². The molecule has 0 spiro atoms. The quantitative estimate of drug-likeness (QED) is 0.479. The summed E-state index contributed by atoms with van der Waals surface area (Å²) in [7, 11) is 4.72. The Morgan fingerprint density at radius 3 is 2.42 bits per heavy atom. The lowest BCUT2D eigenvalue weighted by molar-refractivity contribution is 0.396. The molecule has 0 amide bonds. The van der Waals surface area contributed by atoms with Gasteiger partial charge in [0.15, 0.2) is 5.90 Å². The van der Waals surface area contributed by atoms with E-state index in [1.807, 2.05) is 18.2 Å². The van der Waals surface area contributed by atoms with Crippen LogP contribution in [0.25, 0.3) is 0 Å². The lowest BCUT2D eigenvalue weighted by atomic mass is 10.2. The van der Waals surface area contributed by atoms with Crippen molar-refractivity contribution in [1.82, 2.24) is 0 Å². The molecule has 0 fully saturated rings. The number of para-hydroxylation sites is 1. The van der Waals surface area contributed by atoms with Gasteiger partial charge >= 0.3 is 0 Å². The topological polar surface area (TPSA) is 94.0 Å². The van der Waals surface area contributed by atoms with E-state index in [1.165, 1.54) is 0 Å². The lowest BCUT2D eigenvalue weighted by Crippen LogP contribution is -2.43. The van der Waals surface area contributed by atoms with Crippen LogP contribution in [0.5, 0.6) is 11.5 Å². The maximum absolute atomic E-state index is 6.08. The maximum Gasteiger partial charge on any atom is 0.221 e. The molecule has 8 nitrogen and oxygen atoms in total. The van der Waals surface area contributed by atoms with Gasteiger partial charge in [-0.1, -0.05) is 18.7 Å². The number of rotatable bonds is 6. The molecule has 2 N–H and O–H groups in total. The van der Waals surface area contributed by atoms with Crippen LogP contribution < -0.4 is 20.1 Å². The molecule has 1 aromatic carbocycles. The fourth-order valence-corrected chi connectivity index (χ4v) is 2.38. The van der Waals surface area contributed by atoms with E-state index in [2.05, 4.69) is 21.8 Å². The molecule has 26 heavy (non-hydrogen) atoms. The molecule has 0 radical (unpaired) electrons. The fourth-order valence-electron chi connectivity index (χ4n) is 2.38. The summed E-state index contributed by atoms with van der Waals surface area (Å²) >= 11 is 0. The number of hydrogen-bond acceptors (Lipinski definition) is 8. The molecule has 0 aliphatic carbocycles. The van der Waals surface area contributed by atoms with Crippen LogP contribution in [0.3, 0.4) is 0 Å². The summed E-state index contributed by atoms with van der Waals surface area (Å²) < 4.78 is 16.1. The van der Waals surface area contributed by atoms with Gasteiger partial charge in [0, 0.05) is 6.92 Å². The van der Waals surface area contributed by atoms with E-state index < -0.39 is 0 Å². The fraction of sp³-hybridized carbons (Fsp3) is 0.278. The van der Waals surface area contributed by atoms with Gasteiger partial charge < -0.3 is 19.9 Å². The minimum absolute atomic E-state index is 0.224. The highest BCUT2D eigenvalue weighted by atomic mass is 16.5. The zero-order chi connectivity index (χ0) is 19.1. The van der Waals surface area contributed by atoms with E-state index in [9.17, 15) is 0 Å². The second-order valence-corrected chi connectivity index (χ2v) is 5.22. The van der Waals surface area contributed by atoms with Gasteiger partial charge in [-0.05, 0) is 18.2 Å². The number of nitrogens with two attached hydrogens (primary N) is 1. The Bertz CT molecular complexity index is 774. The van der Waals surface area contributed by atoms with Gasteiger partial charge in [-0.2, -0.15) is 0 Å². The van der Waals surface area contributed by atoms with E-state index in [0.29, 0.717) is 41.0 Å². The molecule has 0 saturated carbocycles. The standard InChI is InChI=1S/C18H23N5O3/c1-6-8-13(20-12(2)24-3)14-11-23(18(19)22-21-14)17-15(25-4)9-7-10-16(17)26-5/h6-10H,1,11H2,2-5H3,(H2,19,22)/b13-8-,20-12?. The van der Waals surface area contributed by atoms with Gasteiger partial charge in [-0.25, -0.2) is 4.99 Å². The van der Waals surface area contributed by atoms with Crippen molar-refractivity contribution < 1.29 is 14.2 Å². The SMILES string of the molecule is C=C/C=C(\N=C(C)OC)C1=NN=C(N)N(c2c(OC)cccc2OC)C1.